The predicted octanol–water partition coefficient (Wildman–Crippen LogP) is 3.43. The predicted molar refractivity (Wildman–Crippen MR) is 148 cm³/mol. The van der Waals surface area contributed by atoms with Crippen LogP contribution in [0.5, 0.6) is 5.75 Å². The van der Waals surface area contributed by atoms with E-state index in [4.69, 9.17) is 9.47 Å². The number of hydrogen-bond acceptors (Lipinski definition) is 7. The summed E-state index contributed by atoms with van der Waals surface area (Å²) in [6.45, 7) is 5.64. The van der Waals surface area contributed by atoms with Gasteiger partial charge in [0.2, 0.25) is 0 Å². The summed E-state index contributed by atoms with van der Waals surface area (Å²) < 4.78 is 35.4. The number of amidine groups is 1. The van der Waals surface area contributed by atoms with E-state index in [1.54, 1.807) is 27.9 Å². The van der Waals surface area contributed by atoms with Gasteiger partial charge in [-0.3, -0.25) is 4.79 Å². The number of alkyl carbamates (subject to hydrolysis) is 1. The maximum absolute atomic E-state index is 13.5. The number of hydrogen-bond donors (Lipinski definition) is 1. The fraction of sp³-hybridized carbons (Fsp3) is 0.444. The molecule has 0 bridgehead atoms. The number of fused-ring (bicyclic) bond motifs is 1. The van der Waals surface area contributed by atoms with Gasteiger partial charge in [-0.25, -0.2) is 13.2 Å². The number of amides is 2. The molecule has 2 aliphatic heterocycles. The zero-order valence-corrected chi connectivity index (χ0v) is 23.6. The number of methoxy groups -OCH3 is 1. The van der Waals surface area contributed by atoms with Crippen LogP contribution in [0.1, 0.15) is 31.9 Å². The van der Waals surface area contributed by atoms with Crippen LogP contribution in [0.4, 0.5) is 4.79 Å². The number of thioether (sulfide) groups is 1. The van der Waals surface area contributed by atoms with Gasteiger partial charge in [-0.2, -0.15) is 4.99 Å². The lowest BCUT2D eigenvalue weighted by Crippen LogP contribution is -2.45. The lowest BCUT2D eigenvalue weighted by atomic mass is 10.1. The first kappa shape index (κ1) is 28.0. The number of carbonyl (C=O) groups is 2. The monoisotopic (exact) mass is 559 g/mol. The third kappa shape index (κ3) is 7.28. The molecular formula is C27H33N3O6S2. The number of benzene rings is 2. The number of carbonyl (C=O) groups excluding carboxylic acids is 2. The molecule has 3 atom stereocenters. The van der Waals surface area contributed by atoms with Crippen molar-refractivity contribution in [3.05, 3.63) is 65.7 Å². The van der Waals surface area contributed by atoms with Crippen molar-refractivity contribution in [2.75, 3.05) is 18.6 Å². The summed E-state index contributed by atoms with van der Waals surface area (Å²) in [6, 6.07) is 15.6. The van der Waals surface area contributed by atoms with Gasteiger partial charge in [0.05, 0.1) is 24.7 Å². The van der Waals surface area contributed by atoms with Gasteiger partial charge in [0.15, 0.2) is 15.0 Å². The van der Waals surface area contributed by atoms with Crippen molar-refractivity contribution in [2.24, 2.45) is 4.99 Å². The number of nitrogens with one attached hydrogen (secondary N) is 1. The number of aliphatic imine (C=N–C) groups is 1. The van der Waals surface area contributed by atoms with Gasteiger partial charge < -0.3 is 19.7 Å². The van der Waals surface area contributed by atoms with Crippen LogP contribution < -0.4 is 10.1 Å². The zero-order chi connectivity index (χ0) is 27.5. The number of rotatable bonds is 7. The Bertz CT molecular complexity index is 1290. The number of nitrogens with zero attached hydrogens (tertiary/aromatic N) is 2. The molecule has 1 N–H and O–H groups in total. The highest BCUT2D eigenvalue weighted by atomic mass is 32.2. The number of sulfone groups is 1. The van der Waals surface area contributed by atoms with Crippen molar-refractivity contribution >= 4 is 38.8 Å². The van der Waals surface area contributed by atoms with E-state index >= 15 is 0 Å². The van der Waals surface area contributed by atoms with Gasteiger partial charge in [-0.05, 0) is 44.0 Å². The van der Waals surface area contributed by atoms with Crippen molar-refractivity contribution in [3.8, 4) is 5.75 Å². The Morgan fingerprint density at radius 3 is 2.39 bits per heavy atom. The first-order chi connectivity index (χ1) is 17.9. The van der Waals surface area contributed by atoms with Crippen molar-refractivity contribution in [3.63, 3.8) is 0 Å². The molecule has 204 valence electrons. The maximum Gasteiger partial charge on any atom is 0.408 e. The van der Waals surface area contributed by atoms with Crippen molar-refractivity contribution in [2.45, 2.75) is 56.7 Å². The molecule has 38 heavy (non-hydrogen) atoms. The summed E-state index contributed by atoms with van der Waals surface area (Å²) in [4.78, 5) is 32.4. The van der Waals surface area contributed by atoms with Gasteiger partial charge in [0.25, 0.3) is 5.91 Å². The van der Waals surface area contributed by atoms with E-state index < -0.39 is 33.5 Å². The molecule has 2 aromatic rings. The Hall–Kier alpha value is -3.05. The van der Waals surface area contributed by atoms with Crippen LogP contribution >= 0.6 is 11.8 Å². The summed E-state index contributed by atoms with van der Waals surface area (Å²) in [5.41, 5.74) is 1.07. The van der Waals surface area contributed by atoms with Crippen LogP contribution in [0.15, 0.2) is 59.6 Å². The quantitative estimate of drug-likeness (QED) is 0.549. The molecular weight excluding hydrogens is 526 g/mol. The molecule has 2 amide bonds. The second-order valence-corrected chi connectivity index (χ2v) is 13.8. The average molecular weight is 560 g/mol. The van der Waals surface area contributed by atoms with Crippen LogP contribution in [-0.4, -0.2) is 72.0 Å². The van der Waals surface area contributed by atoms with E-state index in [1.165, 1.54) is 11.8 Å². The smallest absolute Gasteiger partial charge is 0.408 e. The Kier molecular flexibility index (Phi) is 8.37. The highest BCUT2D eigenvalue weighted by Crippen LogP contribution is 2.39. The van der Waals surface area contributed by atoms with Gasteiger partial charge in [0, 0.05) is 18.2 Å². The summed E-state index contributed by atoms with van der Waals surface area (Å²) in [5.74, 6) is 0.243. The van der Waals surface area contributed by atoms with Crippen LogP contribution in [0.25, 0.3) is 0 Å². The van der Waals surface area contributed by atoms with E-state index in [9.17, 15) is 18.0 Å². The highest BCUT2D eigenvalue weighted by Gasteiger charge is 2.49. The number of ether oxygens (including phenoxy) is 2. The maximum atomic E-state index is 13.5. The third-order valence-corrected chi connectivity index (χ3v) is 9.41. The average Bonchev–Trinajstić information content (AvgIpc) is 3.30. The summed E-state index contributed by atoms with van der Waals surface area (Å²) in [5, 5.41) is 2.93. The van der Waals surface area contributed by atoms with Crippen LogP contribution in [-0.2, 0) is 32.3 Å². The molecule has 4 rings (SSSR count). The largest absolute Gasteiger partial charge is 0.497 e. The van der Waals surface area contributed by atoms with E-state index in [0.29, 0.717) is 17.5 Å². The van der Waals surface area contributed by atoms with Crippen molar-refractivity contribution < 1.29 is 27.5 Å². The minimum absolute atomic E-state index is 0.0115. The van der Waals surface area contributed by atoms with Gasteiger partial charge in [-0.15, -0.1) is 0 Å². The molecule has 0 radical (unpaired) electrons. The Morgan fingerprint density at radius 1 is 1.08 bits per heavy atom. The van der Waals surface area contributed by atoms with E-state index in [0.717, 1.165) is 11.1 Å². The Morgan fingerprint density at radius 2 is 1.76 bits per heavy atom. The fourth-order valence-corrected chi connectivity index (χ4v) is 8.38. The topological polar surface area (TPSA) is 114 Å². The molecule has 0 spiro atoms. The van der Waals surface area contributed by atoms with Crippen molar-refractivity contribution in [1.82, 2.24) is 10.2 Å². The lowest BCUT2D eigenvalue weighted by molar-refractivity contribution is -0.119. The van der Waals surface area contributed by atoms with Gasteiger partial charge in [0.1, 0.15) is 17.4 Å². The lowest BCUT2D eigenvalue weighted by Gasteiger charge is -2.25. The Balaban J connectivity index is 1.60. The Labute approximate surface area is 227 Å². The molecule has 11 heteroatoms. The van der Waals surface area contributed by atoms with E-state index in [1.807, 2.05) is 59.5 Å². The summed E-state index contributed by atoms with van der Waals surface area (Å²) in [7, 11) is -1.59. The van der Waals surface area contributed by atoms with E-state index in [-0.39, 0.29) is 29.2 Å². The SMILES string of the molecule is COc1ccc(CN2C(=NC(=O)[C@@H](Cc3ccccc3)NC(=O)OC(C)(C)C)S[C@H]3CS(=O)(=O)C[C@@H]32)cc1. The zero-order valence-electron chi connectivity index (χ0n) is 21.9. The van der Waals surface area contributed by atoms with Crippen LogP contribution in [0, 0.1) is 0 Å². The standard InChI is InChI=1S/C27H33N3O6S2/c1-27(2,3)36-26(32)28-21(14-18-8-6-5-7-9-18)24(31)29-25-30(15-19-10-12-20(35-4)13-11-19)22-16-38(33,34)17-23(22)37-25/h5-13,21-23H,14-17H2,1-4H3,(H,28,32)/t21-,22+,23+/m1/s1. The molecule has 2 fully saturated rings. The summed E-state index contributed by atoms with van der Waals surface area (Å²) >= 11 is 1.31. The molecule has 9 nitrogen and oxygen atoms in total. The second kappa shape index (κ2) is 11.4. The fourth-order valence-electron chi connectivity index (χ4n) is 4.42. The third-order valence-electron chi connectivity index (χ3n) is 6.16. The first-order valence-corrected chi connectivity index (χ1v) is 15.1. The molecule has 0 unspecified atom stereocenters. The van der Waals surface area contributed by atoms with Crippen LogP contribution in [0.3, 0.4) is 0 Å². The first-order valence-electron chi connectivity index (χ1n) is 12.3. The minimum atomic E-state index is -3.18. The molecule has 2 saturated heterocycles. The summed E-state index contributed by atoms with van der Waals surface area (Å²) in [6.07, 6.45) is -0.468. The van der Waals surface area contributed by atoms with Gasteiger partial charge in [-0.1, -0.05) is 54.2 Å². The molecule has 2 heterocycles. The minimum Gasteiger partial charge on any atom is -0.497 e. The van der Waals surface area contributed by atoms with Gasteiger partial charge >= 0.3 is 6.09 Å². The molecule has 0 saturated carbocycles. The van der Waals surface area contributed by atoms with Crippen LogP contribution in [0.2, 0.25) is 0 Å². The molecule has 2 aromatic carbocycles. The van der Waals surface area contributed by atoms with Crippen molar-refractivity contribution in [1.29, 1.82) is 0 Å². The second-order valence-electron chi connectivity index (χ2n) is 10.4. The highest BCUT2D eigenvalue weighted by molar-refractivity contribution is 8.15. The molecule has 0 aromatic heterocycles. The molecule has 2 aliphatic rings. The van der Waals surface area contributed by atoms with E-state index in [2.05, 4.69) is 10.3 Å². The normalized spacial score (nSPS) is 22.1. The molecule has 0 aliphatic carbocycles.